The van der Waals surface area contributed by atoms with Crippen LogP contribution in [0.4, 0.5) is 23.5 Å². The molecular weight excluding hydrogens is 494 g/mol. The molecule has 2 saturated heterocycles. The minimum atomic E-state index is -4.47. The number of anilines is 1. The molecule has 2 aliphatic rings. The number of ether oxygens (including phenoxy) is 1. The van der Waals surface area contributed by atoms with Crippen molar-refractivity contribution in [1.29, 1.82) is 0 Å². The van der Waals surface area contributed by atoms with E-state index in [2.05, 4.69) is 19.8 Å². The van der Waals surface area contributed by atoms with Gasteiger partial charge >= 0.3 is 6.18 Å². The molecule has 2 fully saturated rings. The van der Waals surface area contributed by atoms with E-state index in [4.69, 9.17) is 4.74 Å². The third kappa shape index (κ3) is 5.26. The Hall–Kier alpha value is -3.25. The van der Waals surface area contributed by atoms with Crippen molar-refractivity contribution in [2.24, 2.45) is 5.92 Å². The lowest BCUT2D eigenvalue weighted by molar-refractivity contribution is -0.166. The fraction of sp³-hybridized carbons (Fsp3) is 0.480. The van der Waals surface area contributed by atoms with Crippen LogP contribution in [-0.2, 0) is 33.5 Å². The number of likely N-dealkylation sites (tertiary alicyclic amines) is 1. The van der Waals surface area contributed by atoms with Gasteiger partial charge in [-0.2, -0.15) is 18.1 Å². The molecule has 5 rings (SSSR count). The second kappa shape index (κ2) is 10.3. The number of hydrogen-bond acceptors (Lipinski definition) is 6. The molecule has 4 heterocycles. The van der Waals surface area contributed by atoms with E-state index in [9.17, 15) is 22.5 Å². The van der Waals surface area contributed by atoms with E-state index in [0.29, 0.717) is 67.8 Å². The predicted octanol–water partition coefficient (Wildman–Crippen LogP) is 3.39. The molecule has 37 heavy (non-hydrogen) atoms. The van der Waals surface area contributed by atoms with Gasteiger partial charge in [0.1, 0.15) is 5.82 Å². The molecule has 0 aliphatic carbocycles. The van der Waals surface area contributed by atoms with Crippen LogP contribution in [0.15, 0.2) is 30.6 Å². The molecule has 0 N–H and O–H groups in total. The van der Waals surface area contributed by atoms with Crippen molar-refractivity contribution in [3.05, 3.63) is 58.7 Å². The maximum atomic E-state index is 13.6. The van der Waals surface area contributed by atoms with E-state index < -0.39 is 11.7 Å². The van der Waals surface area contributed by atoms with Crippen LogP contribution in [0.1, 0.15) is 28.1 Å². The van der Waals surface area contributed by atoms with Crippen LogP contribution in [0.5, 0.6) is 0 Å². The summed E-state index contributed by atoms with van der Waals surface area (Å²) in [7, 11) is 0. The Kier molecular flexibility index (Phi) is 7.04. The second-order valence-electron chi connectivity index (χ2n) is 9.46. The first-order valence-electron chi connectivity index (χ1n) is 12.1. The molecule has 3 aromatic rings. The van der Waals surface area contributed by atoms with Gasteiger partial charge in [0.25, 0.3) is 0 Å². The summed E-state index contributed by atoms with van der Waals surface area (Å²) in [6, 6.07) is 4.13. The van der Waals surface area contributed by atoms with Crippen molar-refractivity contribution in [2.45, 2.75) is 25.9 Å². The predicted molar refractivity (Wildman–Crippen MR) is 126 cm³/mol. The Balaban J connectivity index is 1.50. The summed E-state index contributed by atoms with van der Waals surface area (Å²) in [6.07, 6.45) is -0.906. The fourth-order valence-corrected chi connectivity index (χ4v) is 4.91. The standard InChI is InChI=1S/C25H27F4N5O3/c1-16-18(3-2-4-19(16)25(26,27)28)9-21-20(10-24(35)33-12-17(13-33)15-37-29)31-22-11-30-23(14-34(21)22)32-5-7-36-8-6-32/h2-4,11,14,17H,5-10,12-13,15H2,1H3. The zero-order valence-electron chi connectivity index (χ0n) is 20.3. The van der Waals surface area contributed by atoms with Crippen LogP contribution in [0.25, 0.3) is 5.65 Å². The maximum Gasteiger partial charge on any atom is 0.416 e. The number of rotatable bonds is 7. The molecule has 0 radical (unpaired) electrons. The quantitative estimate of drug-likeness (QED) is 0.444. The minimum absolute atomic E-state index is 0.0227. The Morgan fingerprint density at radius 1 is 1.22 bits per heavy atom. The molecule has 0 atom stereocenters. The van der Waals surface area contributed by atoms with Gasteiger partial charge in [-0.25, -0.2) is 9.97 Å². The van der Waals surface area contributed by atoms with Gasteiger partial charge in [0.05, 0.1) is 55.6 Å². The van der Waals surface area contributed by atoms with Gasteiger partial charge in [0.2, 0.25) is 5.91 Å². The summed E-state index contributed by atoms with van der Waals surface area (Å²) in [4.78, 5) is 29.4. The summed E-state index contributed by atoms with van der Waals surface area (Å²) in [5, 5.41) is 0. The normalized spacial score (nSPS) is 16.9. The summed E-state index contributed by atoms with van der Waals surface area (Å²) in [5.74, 6) is 0.467. The number of benzene rings is 1. The smallest absolute Gasteiger partial charge is 0.378 e. The van der Waals surface area contributed by atoms with E-state index in [1.54, 1.807) is 17.2 Å². The van der Waals surface area contributed by atoms with Gasteiger partial charge in [-0.1, -0.05) is 12.1 Å². The number of fused-ring (bicyclic) bond motifs is 1. The Labute approximate surface area is 210 Å². The van der Waals surface area contributed by atoms with Gasteiger partial charge in [-0.05, 0) is 28.6 Å². The van der Waals surface area contributed by atoms with Crippen LogP contribution in [0.3, 0.4) is 0 Å². The topological polar surface area (TPSA) is 72.2 Å². The largest absolute Gasteiger partial charge is 0.416 e. The summed E-state index contributed by atoms with van der Waals surface area (Å²) >= 11 is 0. The van der Waals surface area contributed by atoms with Gasteiger partial charge in [-0.3, -0.25) is 9.20 Å². The Morgan fingerprint density at radius 2 is 1.97 bits per heavy atom. The molecule has 1 aromatic carbocycles. The highest BCUT2D eigenvalue weighted by Crippen LogP contribution is 2.34. The lowest BCUT2D eigenvalue weighted by atomic mass is 9.97. The van der Waals surface area contributed by atoms with Crippen molar-refractivity contribution >= 4 is 17.4 Å². The number of alkyl halides is 3. The van der Waals surface area contributed by atoms with Crippen molar-refractivity contribution in [3.8, 4) is 0 Å². The SMILES string of the molecule is Cc1c(Cc2c(CC(=O)N3CC(COF)C3)nc3cnc(N4CCOCC4)cn23)cccc1C(F)(F)F. The van der Waals surface area contributed by atoms with Gasteiger partial charge in [0.15, 0.2) is 5.65 Å². The highest BCUT2D eigenvalue weighted by molar-refractivity contribution is 5.79. The Bertz CT molecular complexity index is 1280. The number of amides is 1. The van der Waals surface area contributed by atoms with E-state index in [1.165, 1.54) is 13.0 Å². The number of carbonyl (C=O) groups excluding carboxylic acids is 1. The highest BCUT2D eigenvalue weighted by Gasteiger charge is 2.34. The van der Waals surface area contributed by atoms with Crippen LogP contribution in [0, 0.1) is 12.8 Å². The van der Waals surface area contributed by atoms with Gasteiger partial charge in [-0.15, -0.1) is 0 Å². The van der Waals surface area contributed by atoms with E-state index >= 15 is 0 Å². The van der Waals surface area contributed by atoms with Gasteiger partial charge in [0, 0.05) is 38.5 Å². The zero-order valence-corrected chi connectivity index (χ0v) is 20.3. The second-order valence-corrected chi connectivity index (χ2v) is 9.46. The van der Waals surface area contributed by atoms with Crippen LogP contribution < -0.4 is 4.90 Å². The molecule has 0 bridgehead atoms. The fourth-order valence-electron chi connectivity index (χ4n) is 4.91. The van der Waals surface area contributed by atoms with E-state index in [0.717, 1.165) is 6.07 Å². The molecular formula is C25H27F4N5O3. The monoisotopic (exact) mass is 521 g/mol. The third-order valence-electron chi connectivity index (χ3n) is 7.05. The molecule has 198 valence electrons. The zero-order chi connectivity index (χ0) is 26.2. The maximum absolute atomic E-state index is 13.6. The lowest BCUT2D eigenvalue weighted by Crippen LogP contribution is -2.52. The van der Waals surface area contributed by atoms with E-state index in [-0.39, 0.29) is 36.8 Å². The molecule has 0 spiro atoms. The van der Waals surface area contributed by atoms with Crippen molar-refractivity contribution in [2.75, 3.05) is 50.9 Å². The van der Waals surface area contributed by atoms with Crippen molar-refractivity contribution < 1.29 is 32.2 Å². The van der Waals surface area contributed by atoms with Crippen LogP contribution >= 0.6 is 0 Å². The third-order valence-corrected chi connectivity index (χ3v) is 7.05. The number of nitrogens with zero attached hydrogens (tertiary/aromatic N) is 5. The summed E-state index contributed by atoms with van der Waals surface area (Å²) in [6.45, 7) is 4.66. The number of aromatic nitrogens is 3. The summed E-state index contributed by atoms with van der Waals surface area (Å²) in [5.41, 5.74) is 1.57. The first kappa shape index (κ1) is 25.4. The van der Waals surface area contributed by atoms with Crippen LogP contribution in [-0.4, -0.2) is 71.2 Å². The van der Waals surface area contributed by atoms with Crippen LogP contribution in [0.2, 0.25) is 0 Å². The molecule has 8 nitrogen and oxygen atoms in total. The molecule has 2 aromatic heterocycles. The number of imidazole rings is 1. The lowest BCUT2D eigenvalue weighted by Gasteiger charge is -2.38. The molecule has 0 saturated carbocycles. The summed E-state index contributed by atoms with van der Waals surface area (Å²) < 4.78 is 60.1. The Morgan fingerprint density at radius 3 is 2.68 bits per heavy atom. The molecule has 2 aliphatic heterocycles. The first-order chi connectivity index (χ1) is 17.7. The van der Waals surface area contributed by atoms with Crippen molar-refractivity contribution in [1.82, 2.24) is 19.3 Å². The average molecular weight is 522 g/mol. The first-order valence-corrected chi connectivity index (χ1v) is 12.1. The van der Waals surface area contributed by atoms with Crippen molar-refractivity contribution in [3.63, 3.8) is 0 Å². The highest BCUT2D eigenvalue weighted by atomic mass is 19.4. The number of hydrogen-bond donors (Lipinski definition) is 0. The van der Waals surface area contributed by atoms with E-state index in [1.807, 2.05) is 10.6 Å². The number of carbonyl (C=O) groups is 1. The number of morpholine rings is 1. The minimum Gasteiger partial charge on any atom is -0.378 e. The molecule has 1 amide bonds. The number of halogens is 4. The average Bonchev–Trinajstić information content (AvgIpc) is 3.18. The van der Waals surface area contributed by atoms with Gasteiger partial charge < -0.3 is 14.5 Å². The molecule has 12 heteroatoms. The molecule has 0 unspecified atom stereocenters.